The van der Waals surface area contributed by atoms with Gasteiger partial charge in [0.2, 0.25) is 21.8 Å². The summed E-state index contributed by atoms with van der Waals surface area (Å²) in [5.41, 5.74) is 5.39. The molecule has 0 saturated carbocycles. The molecule has 0 unspecified atom stereocenters. The molecule has 8 nitrogen and oxygen atoms in total. The average Bonchev–Trinajstić information content (AvgIpc) is 2.45. The summed E-state index contributed by atoms with van der Waals surface area (Å²) in [7, 11) is -2.28. The number of benzene rings is 1. The molecule has 0 radical (unpaired) electrons. The third-order valence-electron chi connectivity index (χ3n) is 2.33. The van der Waals surface area contributed by atoms with Gasteiger partial charge in [0.05, 0.1) is 18.0 Å². The molecular weight excluding hydrogens is 284 g/mol. The highest BCUT2D eigenvalue weighted by Gasteiger charge is 2.12. The number of nitrogens with two attached hydrogens (primary N) is 1. The van der Waals surface area contributed by atoms with Crippen LogP contribution in [0.3, 0.4) is 0 Å². The molecule has 0 atom stereocenters. The monoisotopic (exact) mass is 300 g/mol. The summed E-state index contributed by atoms with van der Waals surface area (Å²) >= 11 is 0. The van der Waals surface area contributed by atoms with Crippen molar-refractivity contribution in [2.45, 2.75) is 4.90 Å². The fraction of sp³-hybridized carbons (Fsp3) is 0.273. The molecule has 0 aliphatic rings. The summed E-state index contributed by atoms with van der Waals surface area (Å²) in [6.45, 7) is -0.442. The maximum atomic E-state index is 11.6. The minimum absolute atomic E-state index is 0.0313. The van der Waals surface area contributed by atoms with E-state index in [4.69, 9.17) is 5.73 Å². The lowest BCUT2D eigenvalue weighted by molar-refractivity contribution is -0.123. The van der Waals surface area contributed by atoms with Crippen molar-refractivity contribution < 1.29 is 18.0 Å². The van der Waals surface area contributed by atoms with Crippen molar-refractivity contribution in [2.24, 2.45) is 5.73 Å². The second-order valence-corrected chi connectivity index (χ2v) is 5.65. The number of hydrogen-bond acceptors (Lipinski definition) is 5. The Kier molecular flexibility index (Phi) is 5.62. The Morgan fingerprint density at radius 3 is 2.55 bits per heavy atom. The van der Waals surface area contributed by atoms with Crippen molar-refractivity contribution in [3.05, 3.63) is 24.3 Å². The molecule has 1 rings (SSSR count). The van der Waals surface area contributed by atoms with Crippen molar-refractivity contribution in [3.8, 4) is 0 Å². The van der Waals surface area contributed by atoms with Crippen LogP contribution >= 0.6 is 0 Å². The van der Waals surface area contributed by atoms with Crippen LogP contribution in [0.5, 0.6) is 0 Å². The standard InChI is InChI=1S/C11H16N4O4S/c1-13-20(18,19)9-4-2-3-8(5-9)15-11(17)7-14-10(16)6-12/h2-5,13H,6-7,12H2,1H3,(H,14,16)(H,15,17). The number of rotatable bonds is 6. The molecule has 20 heavy (non-hydrogen) atoms. The average molecular weight is 300 g/mol. The van der Waals surface area contributed by atoms with Crippen LogP contribution in [0.25, 0.3) is 0 Å². The molecule has 0 aliphatic heterocycles. The molecule has 1 aromatic rings. The molecule has 0 aliphatic carbocycles. The summed E-state index contributed by atoms with van der Waals surface area (Å²) in [6.07, 6.45) is 0. The van der Waals surface area contributed by atoms with E-state index in [0.717, 1.165) is 0 Å². The minimum atomic E-state index is -3.57. The van der Waals surface area contributed by atoms with E-state index >= 15 is 0 Å². The van der Waals surface area contributed by atoms with E-state index < -0.39 is 21.8 Å². The van der Waals surface area contributed by atoms with Gasteiger partial charge in [-0.25, -0.2) is 13.1 Å². The van der Waals surface area contributed by atoms with Crippen LogP contribution in [0.15, 0.2) is 29.2 Å². The summed E-state index contributed by atoms with van der Waals surface area (Å²) in [5, 5.41) is 4.77. The molecule has 2 amide bonds. The van der Waals surface area contributed by atoms with E-state index in [1.54, 1.807) is 0 Å². The van der Waals surface area contributed by atoms with Crippen LogP contribution in [0.2, 0.25) is 0 Å². The van der Waals surface area contributed by atoms with Gasteiger partial charge in [-0.2, -0.15) is 0 Å². The minimum Gasteiger partial charge on any atom is -0.346 e. The second-order valence-electron chi connectivity index (χ2n) is 3.76. The van der Waals surface area contributed by atoms with Gasteiger partial charge in [-0.15, -0.1) is 0 Å². The van der Waals surface area contributed by atoms with Crippen LogP contribution < -0.4 is 21.1 Å². The highest BCUT2D eigenvalue weighted by molar-refractivity contribution is 7.89. The lowest BCUT2D eigenvalue weighted by Crippen LogP contribution is -2.36. The summed E-state index contributed by atoms with van der Waals surface area (Å²) in [6, 6.07) is 5.75. The van der Waals surface area contributed by atoms with Gasteiger partial charge in [-0.3, -0.25) is 9.59 Å². The molecule has 9 heteroatoms. The molecule has 5 N–H and O–H groups in total. The Morgan fingerprint density at radius 2 is 1.95 bits per heavy atom. The Labute approximate surface area is 116 Å². The first kappa shape index (κ1) is 16.1. The fourth-order valence-corrected chi connectivity index (χ4v) is 2.09. The summed E-state index contributed by atoms with van der Waals surface area (Å²) in [4.78, 5) is 22.5. The smallest absolute Gasteiger partial charge is 0.243 e. The largest absolute Gasteiger partial charge is 0.346 e. The third-order valence-corrected chi connectivity index (χ3v) is 3.74. The maximum Gasteiger partial charge on any atom is 0.243 e. The van der Waals surface area contributed by atoms with E-state index in [1.165, 1.54) is 31.3 Å². The molecule has 0 heterocycles. The highest BCUT2D eigenvalue weighted by Crippen LogP contribution is 2.14. The first-order valence-electron chi connectivity index (χ1n) is 5.69. The Morgan fingerprint density at radius 1 is 1.25 bits per heavy atom. The Hall–Kier alpha value is -1.97. The van der Waals surface area contributed by atoms with Gasteiger partial charge in [-0.1, -0.05) is 6.07 Å². The lowest BCUT2D eigenvalue weighted by Gasteiger charge is -2.08. The van der Waals surface area contributed by atoms with E-state index in [1.807, 2.05) is 0 Å². The van der Waals surface area contributed by atoms with Gasteiger partial charge < -0.3 is 16.4 Å². The van der Waals surface area contributed by atoms with Gasteiger partial charge in [0, 0.05) is 5.69 Å². The van der Waals surface area contributed by atoms with Crippen LogP contribution in [0.1, 0.15) is 0 Å². The number of nitrogens with one attached hydrogen (secondary N) is 3. The molecule has 0 aromatic heterocycles. The van der Waals surface area contributed by atoms with Gasteiger partial charge in [0.15, 0.2) is 0 Å². The van der Waals surface area contributed by atoms with Crippen molar-refractivity contribution in [3.63, 3.8) is 0 Å². The maximum absolute atomic E-state index is 11.6. The van der Waals surface area contributed by atoms with Crippen molar-refractivity contribution in [1.82, 2.24) is 10.0 Å². The first-order chi connectivity index (χ1) is 9.39. The normalized spacial score (nSPS) is 10.9. The van der Waals surface area contributed by atoms with Crippen LogP contribution in [-0.2, 0) is 19.6 Å². The molecule has 1 aromatic carbocycles. The SMILES string of the molecule is CNS(=O)(=O)c1cccc(NC(=O)CNC(=O)CN)c1. The third kappa shape index (κ3) is 4.61. The van der Waals surface area contributed by atoms with Crippen molar-refractivity contribution in [2.75, 3.05) is 25.5 Å². The van der Waals surface area contributed by atoms with E-state index in [0.29, 0.717) is 5.69 Å². The van der Waals surface area contributed by atoms with Crippen molar-refractivity contribution in [1.29, 1.82) is 0 Å². The number of anilines is 1. The number of carbonyl (C=O) groups is 2. The Bertz CT molecular complexity index is 600. The topological polar surface area (TPSA) is 130 Å². The van der Waals surface area contributed by atoms with Gasteiger partial charge >= 0.3 is 0 Å². The zero-order valence-electron chi connectivity index (χ0n) is 10.8. The molecule has 110 valence electrons. The van der Waals surface area contributed by atoms with Crippen molar-refractivity contribution >= 4 is 27.5 Å². The molecular formula is C11H16N4O4S. The van der Waals surface area contributed by atoms with E-state index in [2.05, 4.69) is 15.4 Å². The Balaban J connectivity index is 2.72. The number of amides is 2. The molecule has 0 bridgehead atoms. The van der Waals surface area contributed by atoms with Gasteiger partial charge in [0.25, 0.3) is 0 Å². The van der Waals surface area contributed by atoms with E-state index in [-0.39, 0.29) is 18.0 Å². The summed E-state index contributed by atoms with van der Waals surface area (Å²) < 4.78 is 25.4. The number of hydrogen-bond donors (Lipinski definition) is 4. The molecule has 0 saturated heterocycles. The number of sulfonamides is 1. The molecule has 0 spiro atoms. The highest BCUT2D eigenvalue weighted by atomic mass is 32.2. The zero-order chi connectivity index (χ0) is 15.2. The van der Waals surface area contributed by atoms with Crippen LogP contribution in [-0.4, -0.2) is 40.4 Å². The van der Waals surface area contributed by atoms with E-state index in [9.17, 15) is 18.0 Å². The first-order valence-corrected chi connectivity index (χ1v) is 7.17. The van der Waals surface area contributed by atoms with Gasteiger partial charge in [0.1, 0.15) is 0 Å². The van der Waals surface area contributed by atoms with Crippen LogP contribution in [0, 0.1) is 0 Å². The number of carbonyl (C=O) groups excluding carboxylic acids is 2. The quantitative estimate of drug-likeness (QED) is 0.514. The predicted octanol–water partition coefficient (Wildman–Crippen LogP) is -1.39. The van der Waals surface area contributed by atoms with Crippen LogP contribution in [0.4, 0.5) is 5.69 Å². The zero-order valence-corrected chi connectivity index (χ0v) is 11.7. The predicted molar refractivity (Wildman–Crippen MR) is 73.4 cm³/mol. The van der Waals surface area contributed by atoms with Gasteiger partial charge in [-0.05, 0) is 25.2 Å². The lowest BCUT2D eigenvalue weighted by atomic mass is 10.3. The molecule has 0 fully saturated rings. The second kappa shape index (κ2) is 6.98. The summed E-state index contributed by atoms with van der Waals surface area (Å²) in [5.74, 6) is -0.933. The fourth-order valence-electron chi connectivity index (χ4n) is 1.32.